The van der Waals surface area contributed by atoms with Crippen LogP contribution in [0.5, 0.6) is 0 Å². The zero-order chi connectivity index (χ0) is 11.4. The van der Waals surface area contributed by atoms with Crippen LogP contribution in [0.4, 0.5) is 0 Å². The summed E-state index contributed by atoms with van der Waals surface area (Å²) in [6, 6.07) is 2.59. The third-order valence-electron chi connectivity index (χ3n) is 4.23. The smallest absolute Gasteiger partial charge is 0.0975 e. The van der Waals surface area contributed by atoms with E-state index >= 15 is 0 Å². The molecular formula is C13H23N3. The Hall–Kier alpha value is -0.590. The van der Waals surface area contributed by atoms with Crippen molar-refractivity contribution in [1.29, 1.82) is 5.26 Å². The van der Waals surface area contributed by atoms with Gasteiger partial charge in [-0.05, 0) is 50.6 Å². The molecule has 3 heteroatoms. The molecule has 0 bridgehead atoms. The summed E-state index contributed by atoms with van der Waals surface area (Å²) in [6.07, 6.45) is 6.22. The number of nitriles is 1. The van der Waals surface area contributed by atoms with Crippen LogP contribution in [-0.4, -0.2) is 37.1 Å². The van der Waals surface area contributed by atoms with Crippen molar-refractivity contribution in [2.45, 2.75) is 45.1 Å². The molecule has 2 saturated heterocycles. The first-order chi connectivity index (χ1) is 7.79. The lowest BCUT2D eigenvalue weighted by atomic mass is 9.74. The van der Waals surface area contributed by atoms with Crippen LogP contribution in [-0.2, 0) is 0 Å². The van der Waals surface area contributed by atoms with Gasteiger partial charge in [-0.2, -0.15) is 5.26 Å². The predicted molar refractivity (Wildman–Crippen MR) is 65.0 cm³/mol. The van der Waals surface area contributed by atoms with Crippen molar-refractivity contribution < 1.29 is 0 Å². The Morgan fingerprint density at radius 1 is 1.44 bits per heavy atom. The third-order valence-corrected chi connectivity index (χ3v) is 4.23. The summed E-state index contributed by atoms with van der Waals surface area (Å²) in [5, 5.41) is 12.7. The molecule has 3 nitrogen and oxygen atoms in total. The standard InChI is InChI=1S/C13H23N3/c1-2-12(9-14)16-8-4-6-13(11-16)5-3-7-15-10-13/h12,15H,2-8,10-11H2,1H3. The Morgan fingerprint density at radius 3 is 2.88 bits per heavy atom. The number of hydrogen-bond acceptors (Lipinski definition) is 3. The maximum absolute atomic E-state index is 9.16. The van der Waals surface area contributed by atoms with Crippen LogP contribution in [0.3, 0.4) is 0 Å². The van der Waals surface area contributed by atoms with E-state index in [1.807, 2.05) is 0 Å². The summed E-state index contributed by atoms with van der Waals surface area (Å²) in [6.45, 7) is 6.71. The van der Waals surface area contributed by atoms with E-state index in [0.717, 1.165) is 26.1 Å². The summed E-state index contributed by atoms with van der Waals surface area (Å²) < 4.78 is 0. The first kappa shape index (κ1) is 11.9. The van der Waals surface area contributed by atoms with Crippen molar-refractivity contribution in [3.8, 4) is 6.07 Å². The summed E-state index contributed by atoms with van der Waals surface area (Å²) in [4.78, 5) is 2.41. The van der Waals surface area contributed by atoms with Crippen molar-refractivity contribution in [2.75, 3.05) is 26.2 Å². The number of nitrogens with zero attached hydrogens (tertiary/aromatic N) is 2. The lowest BCUT2D eigenvalue weighted by molar-refractivity contribution is 0.0497. The number of likely N-dealkylation sites (tertiary alicyclic amines) is 1. The van der Waals surface area contributed by atoms with E-state index < -0.39 is 0 Å². The van der Waals surface area contributed by atoms with Gasteiger partial charge in [0.2, 0.25) is 0 Å². The topological polar surface area (TPSA) is 39.1 Å². The van der Waals surface area contributed by atoms with Crippen LogP contribution in [0.15, 0.2) is 0 Å². The quantitative estimate of drug-likeness (QED) is 0.772. The Balaban J connectivity index is 2.00. The minimum atomic E-state index is 0.138. The molecule has 2 atom stereocenters. The molecule has 16 heavy (non-hydrogen) atoms. The average molecular weight is 221 g/mol. The van der Waals surface area contributed by atoms with Gasteiger partial charge >= 0.3 is 0 Å². The van der Waals surface area contributed by atoms with E-state index in [9.17, 15) is 0 Å². The van der Waals surface area contributed by atoms with Gasteiger partial charge in [-0.3, -0.25) is 4.90 Å². The molecule has 0 saturated carbocycles. The summed E-state index contributed by atoms with van der Waals surface area (Å²) in [5.41, 5.74) is 0.473. The molecule has 0 aromatic rings. The van der Waals surface area contributed by atoms with E-state index in [1.165, 1.54) is 32.2 Å². The molecule has 2 unspecified atom stereocenters. The SMILES string of the molecule is CCC(C#N)N1CCCC2(CCCNC2)C1. The Morgan fingerprint density at radius 2 is 2.25 bits per heavy atom. The lowest BCUT2D eigenvalue weighted by Gasteiger charge is -2.46. The van der Waals surface area contributed by atoms with Gasteiger partial charge in [0.25, 0.3) is 0 Å². The molecule has 0 amide bonds. The fourth-order valence-corrected chi connectivity index (χ4v) is 3.32. The summed E-state index contributed by atoms with van der Waals surface area (Å²) in [5.74, 6) is 0. The van der Waals surface area contributed by atoms with E-state index in [-0.39, 0.29) is 6.04 Å². The third kappa shape index (κ3) is 2.39. The van der Waals surface area contributed by atoms with Crippen LogP contribution < -0.4 is 5.32 Å². The van der Waals surface area contributed by atoms with Gasteiger partial charge in [0, 0.05) is 13.1 Å². The fourth-order valence-electron chi connectivity index (χ4n) is 3.32. The molecule has 0 radical (unpaired) electrons. The van der Waals surface area contributed by atoms with Crippen LogP contribution >= 0.6 is 0 Å². The van der Waals surface area contributed by atoms with E-state index in [1.54, 1.807) is 0 Å². The first-order valence-electron chi connectivity index (χ1n) is 6.64. The molecule has 2 aliphatic heterocycles. The second-order valence-electron chi connectivity index (χ2n) is 5.41. The minimum Gasteiger partial charge on any atom is -0.316 e. The van der Waals surface area contributed by atoms with Crippen LogP contribution in [0.2, 0.25) is 0 Å². The first-order valence-corrected chi connectivity index (χ1v) is 6.64. The highest BCUT2D eigenvalue weighted by Gasteiger charge is 2.38. The Kier molecular flexibility index (Phi) is 3.83. The molecule has 90 valence electrons. The number of piperidine rings is 2. The molecule has 0 aliphatic carbocycles. The second kappa shape index (κ2) is 5.16. The number of hydrogen-bond donors (Lipinski definition) is 1. The molecule has 2 fully saturated rings. The zero-order valence-corrected chi connectivity index (χ0v) is 10.3. The summed E-state index contributed by atoms with van der Waals surface area (Å²) >= 11 is 0. The maximum atomic E-state index is 9.16. The largest absolute Gasteiger partial charge is 0.316 e. The molecule has 0 aromatic carbocycles. The van der Waals surface area contributed by atoms with Gasteiger partial charge in [-0.1, -0.05) is 6.92 Å². The average Bonchev–Trinajstić information content (AvgIpc) is 2.32. The number of rotatable bonds is 2. The maximum Gasteiger partial charge on any atom is 0.0975 e. The van der Waals surface area contributed by atoms with E-state index in [2.05, 4.69) is 23.2 Å². The predicted octanol–water partition coefficient (Wildman–Crippen LogP) is 1.75. The normalized spacial score (nSPS) is 33.5. The van der Waals surface area contributed by atoms with Crippen molar-refractivity contribution in [2.24, 2.45) is 5.41 Å². The molecule has 0 aromatic heterocycles. The highest BCUT2D eigenvalue weighted by atomic mass is 15.2. The monoisotopic (exact) mass is 221 g/mol. The minimum absolute atomic E-state index is 0.138. The van der Waals surface area contributed by atoms with Crippen LogP contribution in [0.25, 0.3) is 0 Å². The highest BCUT2D eigenvalue weighted by molar-refractivity contribution is 4.98. The molecule has 2 aliphatic rings. The van der Waals surface area contributed by atoms with Gasteiger partial charge in [0.05, 0.1) is 12.1 Å². The van der Waals surface area contributed by atoms with Crippen LogP contribution in [0, 0.1) is 16.7 Å². The second-order valence-corrected chi connectivity index (χ2v) is 5.41. The molecule has 1 N–H and O–H groups in total. The van der Waals surface area contributed by atoms with Gasteiger partial charge in [-0.25, -0.2) is 0 Å². The molecule has 2 heterocycles. The van der Waals surface area contributed by atoms with Gasteiger partial charge in [-0.15, -0.1) is 0 Å². The zero-order valence-electron chi connectivity index (χ0n) is 10.3. The number of nitrogens with one attached hydrogen (secondary N) is 1. The van der Waals surface area contributed by atoms with Crippen molar-refractivity contribution in [3.05, 3.63) is 0 Å². The van der Waals surface area contributed by atoms with E-state index in [0.29, 0.717) is 5.41 Å². The lowest BCUT2D eigenvalue weighted by Crippen LogP contribution is -2.53. The van der Waals surface area contributed by atoms with Crippen molar-refractivity contribution in [1.82, 2.24) is 10.2 Å². The van der Waals surface area contributed by atoms with Crippen LogP contribution in [0.1, 0.15) is 39.0 Å². The highest BCUT2D eigenvalue weighted by Crippen LogP contribution is 2.36. The molecule has 1 spiro atoms. The van der Waals surface area contributed by atoms with E-state index in [4.69, 9.17) is 5.26 Å². The Bertz CT molecular complexity index is 257. The molecular weight excluding hydrogens is 198 g/mol. The fraction of sp³-hybridized carbons (Fsp3) is 0.923. The Labute approximate surface area is 98.8 Å². The summed E-state index contributed by atoms with van der Waals surface area (Å²) in [7, 11) is 0. The van der Waals surface area contributed by atoms with Gasteiger partial charge in [0.1, 0.15) is 0 Å². The van der Waals surface area contributed by atoms with Crippen molar-refractivity contribution >= 4 is 0 Å². The van der Waals surface area contributed by atoms with Crippen molar-refractivity contribution in [3.63, 3.8) is 0 Å². The molecule has 2 rings (SSSR count). The van der Waals surface area contributed by atoms with Gasteiger partial charge < -0.3 is 5.32 Å². The van der Waals surface area contributed by atoms with Gasteiger partial charge in [0.15, 0.2) is 0 Å².